The zero-order chi connectivity index (χ0) is 26.3. The van der Waals surface area contributed by atoms with Gasteiger partial charge in [-0.25, -0.2) is 8.42 Å². The van der Waals surface area contributed by atoms with Crippen molar-refractivity contribution in [2.75, 3.05) is 17.4 Å². The van der Waals surface area contributed by atoms with E-state index >= 15 is 0 Å². The Morgan fingerprint density at radius 3 is 1.97 bits per heavy atom. The van der Waals surface area contributed by atoms with Crippen LogP contribution in [0.2, 0.25) is 0 Å². The molecular formula is C28H33N3O4S. The minimum atomic E-state index is -4.06. The maximum Gasteiger partial charge on any atom is 0.264 e. The molecule has 0 bridgehead atoms. The molecule has 0 fully saturated rings. The second-order valence-electron chi connectivity index (χ2n) is 8.74. The molecule has 0 radical (unpaired) electrons. The lowest BCUT2D eigenvalue weighted by Gasteiger charge is -2.32. The fourth-order valence-corrected chi connectivity index (χ4v) is 5.18. The number of anilines is 1. The van der Waals surface area contributed by atoms with E-state index in [1.165, 1.54) is 17.0 Å². The summed E-state index contributed by atoms with van der Waals surface area (Å²) < 4.78 is 28.6. The number of nitrogens with zero attached hydrogens (tertiary/aromatic N) is 2. The molecule has 3 rings (SSSR count). The van der Waals surface area contributed by atoms with E-state index in [-0.39, 0.29) is 17.3 Å². The third-order valence-electron chi connectivity index (χ3n) is 5.92. The zero-order valence-corrected chi connectivity index (χ0v) is 22.0. The van der Waals surface area contributed by atoms with Crippen LogP contribution < -0.4 is 9.62 Å². The summed E-state index contributed by atoms with van der Waals surface area (Å²) in [6.45, 7) is 7.39. The van der Waals surface area contributed by atoms with E-state index in [1.54, 1.807) is 50.2 Å². The lowest BCUT2D eigenvalue weighted by molar-refractivity contribution is -0.139. The number of rotatable bonds is 10. The fourth-order valence-electron chi connectivity index (χ4n) is 3.76. The van der Waals surface area contributed by atoms with Crippen LogP contribution in [-0.4, -0.2) is 44.3 Å². The van der Waals surface area contributed by atoms with Crippen LogP contribution in [0.15, 0.2) is 83.8 Å². The highest BCUT2D eigenvalue weighted by Gasteiger charge is 2.32. The Kier molecular flexibility index (Phi) is 8.88. The van der Waals surface area contributed by atoms with E-state index in [0.717, 1.165) is 21.0 Å². The molecule has 3 aromatic rings. The SMILES string of the molecule is CCNC(=O)C(C)N(Cc1ccccc1)C(=O)CN(c1ccc(C)cc1)S(=O)(=O)c1ccc(C)cc1. The number of benzene rings is 3. The predicted molar refractivity (Wildman–Crippen MR) is 142 cm³/mol. The van der Waals surface area contributed by atoms with Crippen LogP contribution in [0.25, 0.3) is 0 Å². The normalized spacial score (nSPS) is 12.0. The Labute approximate surface area is 213 Å². The highest BCUT2D eigenvalue weighted by Crippen LogP contribution is 2.25. The first-order chi connectivity index (χ1) is 17.1. The first-order valence-electron chi connectivity index (χ1n) is 11.9. The van der Waals surface area contributed by atoms with Crippen LogP contribution in [0.1, 0.15) is 30.5 Å². The van der Waals surface area contributed by atoms with Crippen molar-refractivity contribution in [3.05, 3.63) is 95.6 Å². The van der Waals surface area contributed by atoms with Crippen molar-refractivity contribution >= 4 is 27.5 Å². The number of sulfonamides is 1. The summed E-state index contributed by atoms with van der Waals surface area (Å²) in [6, 6.07) is 22.0. The molecule has 2 amide bonds. The summed E-state index contributed by atoms with van der Waals surface area (Å²) in [5.74, 6) is -0.779. The summed E-state index contributed by atoms with van der Waals surface area (Å²) in [5, 5.41) is 2.75. The van der Waals surface area contributed by atoms with E-state index in [9.17, 15) is 18.0 Å². The highest BCUT2D eigenvalue weighted by molar-refractivity contribution is 7.92. The lowest BCUT2D eigenvalue weighted by Crippen LogP contribution is -2.51. The number of likely N-dealkylation sites (N-methyl/N-ethyl adjacent to an activating group) is 1. The van der Waals surface area contributed by atoms with Crippen molar-refractivity contribution in [3.63, 3.8) is 0 Å². The third kappa shape index (κ3) is 6.51. The Bertz CT molecular complexity index is 1270. The average molecular weight is 508 g/mol. The Balaban J connectivity index is 2.01. The van der Waals surface area contributed by atoms with Crippen LogP contribution >= 0.6 is 0 Å². The van der Waals surface area contributed by atoms with Gasteiger partial charge in [0, 0.05) is 13.1 Å². The molecule has 190 valence electrons. The topological polar surface area (TPSA) is 86.8 Å². The quantitative estimate of drug-likeness (QED) is 0.449. The van der Waals surface area contributed by atoms with Gasteiger partial charge < -0.3 is 10.2 Å². The number of amides is 2. The number of hydrogen-bond acceptors (Lipinski definition) is 4. The average Bonchev–Trinajstić information content (AvgIpc) is 2.87. The molecule has 1 N–H and O–H groups in total. The Hall–Kier alpha value is -3.65. The number of nitrogens with one attached hydrogen (secondary N) is 1. The van der Waals surface area contributed by atoms with E-state index in [1.807, 2.05) is 44.2 Å². The molecule has 1 unspecified atom stereocenters. The summed E-state index contributed by atoms with van der Waals surface area (Å²) in [5.41, 5.74) is 3.11. The predicted octanol–water partition coefficient (Wildman–Crippen LogP) is 4.05. The van der Waals surface area contributed by atoms with Crippen LogP contribution in [0, 0.1) is 13.8 Å². The lowest BCUT2D eigenvalue weighted by atomic mass is 10.1. The van der Waals surface area contributed by atoms with Crippen LogP contribution in [-0.2, 0) is 26.2 Å². The van der Waals surface area contributed by atoms with Gasteiger partial charge in [-0.2, -0.15) is 0 Å². The van der Waals surface area contributed by atoms with Crippen molar-refractivity contribution < 1.29 is 18.0 Å². The number of hydrogen-bond donors (Lipinski definition) is 1. The second-order valence-corrected chi connectivity index (χ2v) is 10.6. The fraction of sp³-hybridized carbons (Fsp3) is 0.286. The van der Waals surface area contributed by atoms with Gasteiger partial charge in [0.05, 0.1) is 10.6 Å². The summed E-state index contributed by atoms with van der Waals surface area (Å²) >= 11 is 0. The molecule has 0 heterocycles. The molecule has 0 spiro atoms. The zero-order valence-electron chi connectivity index (χ0n) is 21.1. The molecule has 3 aromatic carbocycles. The molecule has 0 aliphatic carbocycles. The minimum Gasteiger partial charge on any atom is -0.355 e. The van der Waals surface area contributed by atoms with E-state index in [2.05, 4.69) is 5.32 Å². The maximum absolute atomic E-state index is 13.7. The highest BCUT2D eigenvalue weighted by atomic mass is 32.2. The van der Waals surface area contributed by atoms with E-state index < -0.39 is 28.5 Å². The second kappa shape index (κ2) is 11.9. The number of carbonyl (C=O) groups is 2. The first kappa shape index (κ1) is 26.9. The maximum atomic E-state index is 13.7. The van der Waals surface area contributed by atoms with Crippen molar-refractivity contribution in [2.45, 2.75) is 45.2 Å². The van der Waals surface area contributed by atoms with E-state index in [4.69, 9.17) is 0 Å². The van der Waals surface area contributed by atoms with Crippen LogP contribution in [0.4, 0.5) is 5.69 Å². The number of aryl methyl sites for hydroxylation is 2. The van der Waals surface area contributed by atoms with Crippen molar-refractivity contribution in [1.29, 1.82) is 0 Å². The van der Waals surface area contributed by atoms with Crippen LogP contribution in [0.3, 0.4) is 0 Å². The molecule has 0 saturated heterocycles. The molecule has 0 saturated carbocycles. The molecule has 0 aliphatic heterocycles. The van der Waals surface area contributed by atoms with Gasteiger partial charge in [-0.1, -0.05) is 65.7 Å². The molecule has 1 atom stereocenters. The van der Waals surface area contributed by atoms with Crippen LogP contribution in [0.5, 0.6) is 0 Å². The van der Waals surface area contributed by atoms with Crippen molar-refractivity contribution in [2.24, 2.45) is 0 Å². The van der Waals surface area contributed by atoms with Gasteiger partial charge in [0.15, 0.2) is 0 Å². The summed E-state index contributed by atoms with van der Waals surface area (Å²) in [7, 11) is -4.06. The van der Waals surface area contributed by atoms with Gasteiger partial charge in [-0.3, -0.25) is 13.9 Å². The van der Waals surface area contributed by atoms with Gasteiger partial charge in [0.2, 0.25) is 11.8 Å². The minimum absolute atomic E-state index is 0.0906. The molecule has 0 aliphatic rings. The smallest absolute Gasteiger partial charge is 0.264 e. The first-order valence-corrected chi connectivity index (χ1v) is 13.3. The molecule has 7 nitrogen and oxygen atoms in total. The Morgan fingerprint density at radius 1 is 0.861 bits per heavy atom. The largest absolute Gasteiger partial charge is 0.355 e. The third-order valence-corrected chi connectivity index (χ3v) is 7.71. The van der Waals surface area contributed by atoms with Gasteiger partial charge in [0.25, 0.3) is 10.0 Å². The monoisotopic (exact) mass is 507 g/mol. The van der Waals surface area contributed by atoms with Gasteiger partial charge >= 0.3 is 0 Å². The Morgan fingerprint density at radius 2 is 1.42 bits per heavy atom. The van der Waals surface area contributed by atoms with Crippen molar-refractivity contribution in [1.82, 2.24) is 10.2 Å². The molecular weight excluding hydrogens is 474 g/mol. The van der Waals surface area contributed by atoms with Gasteiger partial charge in [0.1, 0.15) is 12.6 Å². The standard InChI is InChI=1S/C28H33N3O4S/c1-5-29-28(33)23(4)30(19-24-9-7-6-8-10-24)27(32)20-31(25-15-11-21(2)12-16-25)36(34,35)26-17-13-22(3)14-18-26/h6-18,23H,5,19-20H2,1-4H3,(H,29,33). The van der Waals surface area contributed by atoms with Gasteiger partial charge in [-0.15, -0.1) is 0 Å². The molecule has 8 heteroatoms. The number of carbonyl (C=O) groups excluding carboxylic acids is 2. The van der Waals surface area contributed by atoms with E-state index in [0.29, 0.717) is 12.2 Å². The summed E-state index contributed by atoms with van der Waals surface area (Å²) in [4.78, 5) is 27.9. The van der Waals surface area contributed by atoms with Gasteiger partial charge in [-0.05, 0) is 57.5 Å². The summed E-state index contributed by atoms with van der Waals surface area (Å²) in [6.07, 6.45) is 0. The molecule has 0 aromatic heterocycles. The van der Waals surface area contributed by atoms with Crippen molar-refractivity contribution in [3.8, 4) is 0 Å². The molecule has 36 heavy (non-hydrogen) atoms.